The van der Waals surface area contributed by atoms with Crippen molar-refractivity contribution in [3.63, 3.8) is 0 Å². The molecule has 0 spiro atoms. The second-order valence-corrected chi connectivity index (χ2v) is 8.39. The first-order valence-electron chi connectivity index (χ1n) is 8.40. The lowest BCUT2D eigenvalue weighted by molar-refractivity contribution is 0.187. The van der Waals surface area contributed by atoms with Crippen LogP contribution in [0.1, 0.15) is 11.1 Å². The van der Waals surface area contributed by atoms with Gasteiger partial charge in [0.2, 0.25) is 15.0 Å². The van der Waals surface area contributed by atoms with E-state index in [1.807, 2.05) is 32.0 Å². The number of ether oxygens (including phenoxy) is 1. The summed E-state index contributed by atoms with van der Waals surface area (Å²) in [5.74, 6) is 0. The Morgan fingerprint density at radius 2 is 1.85 bits per heavy atom. The SMILES string of the molecule is COCCn1c(=O)c(-c2c(C)cccc2C)cc2cnc(S(C)(=O)=O)nc21. The molecule has 0 saturated heterocycles. The summed E-state index contributed by atoms with van der Waals surface area (Å²) >= 11 is 0. The number of fused-ring (bicyclic) bond motifs is 1. The summed E-state index contributed by atoms with van der Waals surface area (Å²) < 4.78 is 30.2. The minimum atomic E-state index is -3.59. The number of sulfone groups is 1. The number of benzene rings is 1. The Bertz CT molecular complexity index is 1160. The van der Waals surface area contributed by atoms with Crippen LogP contribution in [0.3, 0.4) is 0 Å². The van der Waals surface area contributed by atoms with E-state index >= 15 is 0 Å². The molecule has 2 heterocycles. The Morgan fingerprint density at radius 1 is 1.19 bits per heavy atom. The topological polar surface area (TPSA) is 91.2 Å². The van der Waals surface area contributed by atoms with Crippen molar-refractivity contribution in [1.29, 1.82) is 0 Å². The van der Waals surface area contributed by atoms with E-state index in [2.05, 4.69) is 9.97 Å². The van der Waals surface area contributed by atoms with E-state index in [9.17, 15) is 13.2 Å². The molecule has 0 aliphatic heterocycles. The predicted molar refractivity (Wildman–Crippen MR) is 104 cm³/mol. The van der Waals surface area contributed by atoms with Gasteiger partial charge in [0, 0.05) is 30.5 Å². The van der Waals surface area contributed by atoms with Crippen molar-refractivity contribution in [3.8, 4) is 11.1 Å². The first-order chi connectivity index (χ1) is 12.7. The van der Waals surface area contributed by atoms with Crippen LogP contribution in [0.25, 0.3) is 22.2 Å². The highest BCUT2D eigenvalue weighted by Gasteiger charge is 2.18. The Balaban J connectivity index is 2.39. The summed E-state index contributed by atoms with van der Waals surface area (Å²) in [4.78, 5) is 21.4. The van der Waals surface area contributed by atoms with Crippen LogP contribution >= 0.6 is 0 Å². The smallest absolute Gasteiger partial charge is 0.260 e. The molecule has 0 fully saturated rings. The van der Waals surface area contributed by atoms with Crippen molar-refractivity contribution >= 4 is 20.9 Å². The molecule has 0 radical (unpaired) electrons. The van der Waals surface area contributed by atoms with E-state index in [0.717, 1.165) is 22.9 Å². The molecule has 27 heavy (non-hydrogen) atoms. The Hall–Kier alpha value is -2.58. The van der Waals surface area contributed by atoms with Crippen LogP contribution in [0.2, 0.25) is 0 Å². The molecule has 8 heteroatoms. The van der Waals surface area contributed by atoms with E-state index in [4.69, 9.17) is 4.74 Å². The van der Waals surface area contributed by atoms with Crippen molar-refractivity contribution in [2.75, 3.05) is 20.0 Å². The average Bonchev–Trinajstić information content (AvgIpc) is 2.60. The maximum Gasteiger partial charge on any atom is 0.260 e. The molecule has 0 bridgehead atoms. The molecule has 0 amide bonds. The second-order valence-electron chi connectivity index (χ2n) is 6.48. The van der Waals surface area contributed by atoms with Crippen molar-refractivity contribution in [2.45, 2.75) is 25.5 Å². The minimum Gasteiger partial charge on any atom is -0.383 e. The zero-order valence-electron chi connectivity index (χ0n) is 15.7. The van der Waals surface area contributed by atoms with E-state index in [0.29, 0.717) is 17.6 Å². The average molecular weight is 387 g/mol. The fourth-order valence-corrected chi connectivity index (χ4v) is 3.63. The number of nitrogens with zero attached hydrogens (tertiary/aromatic N) is 3. The van der Waals surface area contributed by atoms with Crippen molar-refractivity contribution in [2.24, 2.45) is 0 Å². The number of pyridine rings is 1. The number of hydrogen-bond acceptors (Lipinski definition) is 6. The van der Waals surface area contributed by atoms with Gasteiger partial charge in [0.05, 0.1) is 13.2 Å². The third kappa shape index (κ3) is 3.63. The van der Waals surface area contributed by atoms with Crippen molar-refractivity contribution < 1.29 is 13.2 Å². The highest BCUT2D eigenvalue weighted by molar-refractivity contribution is 7.90. The summed E-state index contributed by atoms with van der Waals surface area (Å²) in [5, 5.41) is 0.288. The molecule has 3 aromatic rings. The van der Waals surface area contributed by atoms with Gasteiger partial charge in [-0.2, -0.15) is 4.98 Å². The van der Waals surface area contributed by atoms with Gasteiger partial charge >= 0.3 is 0 Å². The largest absolute Gasteiger partial charge is 0.383 e. The van der Waals surface area contributed by atoms with Gasteiger partial charge in [-0.3, -0.25) is 9.36 Å². The maximum absolute atomic E-state index is 13.3. The van der Waals surface area contributed by atoms with Crippen LogP contribution in [0, 0.1) is 13.8 Å². The van der Waals surface area contributed by atoms with Gasteiger partial charge in [0.1, 0.15) is 5.65 Å². The van der Waals surface area contributed by atoms with Crippen LogP contribution in [0.15, 0.2) is 40.4 Å². The van der Waals surface area contributed by atoms with Crippen LogP contribution in [-0.2, 0) is 21.1 Å². The van der Waals surface area contributed by atoms with Gasteiger partial charge in [0.25, 0.3) is 5.56 Å². The van der Waals surface area contributed by atoms with Gasteiger partial charge in [-0.25, -0.2) is 13.4 Å². The standard InChI is InChI=1S/C19H21N3O4S/c1-12-6-5-7-13(2)16(12)15-10-14-11-20-19(27(4,24)25)21-17(14)22(18(15)23)8-9-26-3/h5-7,10-11H,8-9H2,1-4H3. The Morgan fingerprint density at radius 3 is 2.44 bits per heavy atom. The van der Waals surface area contributed by atoms with Gasteiger partial charge in [-0.1, -0.05) is 18.2 Å². The Kier molecular flexibility index (Phi) is 5.12. The quantitative estimate of drug-likeness (QED) is 0.623. The first kappa shape index (κ1) is 19.2. The van der Waals surface area contributed by atoms with Gasteiger partial charge in [-0.05, 0) is 36.6 Å². The normalized spacial score (nSPS) is 11.9. The zero-order valence-corrected chi connectivity index (χ0v) is 16.5. The van der Waals surface area contributed by atoms with E-state index in [1.54, 1.807) is 13.2 Å². The molecular weight excluding hydrogens is 366 g/mol. The lowest BCUT2D eigenvalue weighted by Gasteiger charge is -2.15. The second kappa shape index (κ2) is 7.21. The van der Waals surface area contributed by atoms with E-state index < -0.39 is 9.84 Å². The summed E-state index contributed by atoms with van der Waals surface area (Å²) in [6.45, 7) is 4.46. The molecule has 0 aliphatic rings. The van der Waals surface area contributed by atoms with Crippen LogP contribution in [0.5, 0.6) is 0 Å². The van der Waals surface area contributed by atoms with Gasteiger partial charge < -0.3 is 4.74 Å². The van der Waals surface area contributed by atoms with Crippen LogP contribution in [0.4, 0.5) is 0 Å². The molecule has 1 aromatic carbocycles. The molecule has 0 aliphatic carbocycles. The lowest BCUT2D eigenvalue weighted by Crippen LogP contribution is -2.25. The first-order valence-corrected chi connectivity index (χ1v) is 10.3. The molecule has 0 N–H and O–H groups in total. The molecule has 2 aromatic heterocycles. The van der Waals surface area contributed by atoms with E-state index in [-0.39, 0.29) is 22.9 Å². The Labute approximate surface area is 157 Å². The zero-order chi connectivity index (χ0) is 19.8. The molecule has 0 atom stereocenters. The fraction of sp³-hybridized carbons (Fsp3) is 0.316. The van der Waals surface area contributed by atoms with Crippen LogP contribution in [-0.4, -0.2) is 42.9 Å². The molecular formula is C19H21N3O4S. The molecule has 7 nitrogen and oxygen atoms in total. The van der Waals surface area contributed by atoms with Crippen molar-refractivity contribution in [3.05, 3.63) is 51.9 Å². The summed E-state index contributed by atoms with van der Waals surface area (Å²) in [5.41, 5.74) is 3.40. The third-order valence-corrected chi connectivity index (χ3v) is 5.27. The number of aryl methyl sites for hydroxylation is 2. The monoisotopic (exact) mass is 387 g/mol. The highest BCUT2D eigenvalue weighted by Crippen LogP contribution is 2.26. The molecule has 0 saturated carbocycles. The number of rotatable bonds is 5. The minimum absolute atomic E-state index is 0.241. The lowest BCUT2D eigenvalue weighted by atomic mass is 9.96. The fourth-order valence-electron chi connectivity index (χ4n) is 3.13. The van der Waals surface area contributed by atoms with Crippen molar-refractivity contribution in [1.82, 2.24) is 14.5 Å². The summed E-state index contributed by atoms with van der Waals surface area (Å²) in [6.07, 6.45) is 2.48. The summed E-state index contributed by atoms with van der Waals surface area (Å²) in [7, 11) is -2.05. The maximum atomic E-state index is 13.3. The molecule has 0 unspecified atom stereocenters. The molecule has 142 valence electrons. The number of methoxy groups -OCH3 is 1. The highest BCUT2D eigenvalue weighted by atomic mass is 32.2. The third-order valence-electron chi connectivity index (χ3n) is 4.41. The number of hydrogen-bond donors (Lipinski definition) is 0. The van der Waals surface area contributed by atoms with Crippen LogP contribution < -0.4 is 5.56 Å². The molecule has 3 rings (SSSR count). The van der Waals surface area contributed by atoms with Gasteiger partial charge in [0.15, 0.2) is 0 Å². The predicted octanol–water partition coefficient (Wildman–Crippen LogP) is 2.13. The summed E-state index contributed by atoms with van der Waals surface area (Å²) in [6, 6.07) is 7.58. The van der Waals surface area contributed by atoms with Gasteiger partial charge in [-0.15, -0.1) is 0 Å². The number of aromatic nitrogens is 3. The van der Waals surface area contributed by atoms with E-state index in [1.165, 1.54) is 10.8 Å².